The molecular weight excluding hydrogens is 524 g/mol. The molecule has 0 fully saturated rings. The molecule has 0 unspecified atom stereocenters. The number of nitrogens with one attached hydrogen (secondary N) is 1. The van der Waals surface area contributed by atoms with Gasteiger partial charge in [-0.15, -0.1) is 4.40 Å². The number of fused-ring (bicyclic) bond motifs is 2. The van der Waals surface area contributed by atoms with Gasteiger partial charge < -0.3 is 15.5 Å². The molecule has 1 aliphatic rings. The number of aliphatic hydroxyl groups is 1. The van der Waals surface area contributed by atoms with Crippen LogP contribution in [0.3, 0.4) is 0 Å². The number of amidine groups is 1. The number of nitrogens with two attached hydrogens (primary N) is 1. The summed E-state index contributed by atoms with van der Waals surface area (Å²) in [7, 11) is -8.22. The molecule has 1 aromatic carbocycles. The molecule has 0 atom stereocenters. The molecular formula is C22H28N6O7S2. The third kappa shape index (κ3) is 5.14. The van der Waals surface area contributed by atoms with Gasteiger partial charge in [0.2, 0.25) is 0 Å². The maximum absolute atomic E-state index is 13.5. The van der Waals surface area contributed by atoms with Crippen LogP contribution in [0.15, 0.2) is 50.6 Å². The van der Waals surface area contributed by atoms with Crippen molar-refractivity contribution >= 4 is 49.2 Å². The van der Waals surface area contributed by atoms with Crippen LogP contribution in [-0.4, -0.2) is 56.3 Å². The molecule has 3 heterocycles. The van der Waals surface area contributed by atoms with Crippen LogP contribution < -0.4 is 20.3 Å². The number of benzene rings is 1. The van der Waals surface area contributed by atoms with Gasteiger partial charge in [0.15, 0.2) is 5.84 Å². The number of hydrogen-bond donors (Lipinski definition) is 6. The third-order valence-corrected chi connectivity index (χ3v) is 8.16. The molecule has 37 heavy (non-hydrogen) atoms. The van der Waals surface area contributed by atoms with E-state index in [1.54, 1.807) is 12.1 Å². The Hall–Kier alpha value is -3.21. The lowest BCUT2D eigenvalue weighted by molar-refractivity contribution is 0.306. The van der Waals surface area contributed by atoms with Crippen LogP contribution in [0.1, 0.15) is 25.8 Å². The van der Waals surface area contributed by atoms with Crippen molar-refractivity contribution in [2.24, 2.45) is 15.5 Å². The number of rotatable bonds is 8. The van der Waals surface area contributed by atoms with Gasteiger partial charge in [0.25, 0.3) is 15.8 Å². The van der Waals surface area contributed by atoms with Crippen LogP contribution in [0.5, 0.6) is 5.75 Å². The van der Waals surface area contributed by atoms with Crippen LogP contribution in [-0.2, 0) is 16.8 Å². The smallest absolute Gasteiger partial charge is 0.299 e. The molecule has 15 heteroatoms. The molecule has 0 spiro atoms. The summed E-state index contributed by atoms with van der Waals surface area (Å²) in [4.78, 5) is 17.7. The Bertz CT molecular complexity index is 1550. The van der Waals surface area contributed by atoms with Crippen LogP contribution >= 0.6 is 10.8 Å². The summed E-state index contributed by atoms with van der Waals surface area (Å²) in [5, 5.41) is 28.6. The normalized spacial score (nSPS) is 15.7. The van der Waals surface area contributed by atoms with Gasteiger partial charge in [-0.3, -0.25) is 22.8 Å². The minimum absolute atomic E-state index is 0.0219. The topological polar surface area (TPSA) is 204 Å². The first-order chi connectivity index (χ1) is 17.3. The molecule has 0 bridgehead atoms. The van der Waals surface area contributed by atoms with Gasteiger partial charge in [-0.05, 0) is 42.7 Å². The molecule has 0 saturated heterocycles. The van der Waals surface area contributed by atoms with Crippen LogP contribution in [0, 0.1) is 5.92 Å². The number of pyridine rings is 2. The number of hydrogen-bond acceptors (Lipinski definition) is 10. The second-order valence-electron chi connectivity index (χ2n) is 8.84. The predicted molar refractivity (Wildman–Crippen MR) is 142 cm³/mol. The number of anilines is 2. The van der Waals surface area contributed by atoms with Crippen LogP contribution in [0.25, 0.3) is 11.0 Å². The Morgan fingerprint density at radius 3 is 2.62 bits per heavy atom. The Morgan fingerprint density at radius 1 is 1.24 bits per heavy atom. The second kappa shape index (κ2) is 9.92. The molecule has 4 rings (SSSR count). The van der Waals surface area contributed by atoms with Crippen molar-refractivity contribution in [1.29, 1.82) is 0 Å². The molecule has 0 amide bonds. The highest BCUT2D eigenvalue weighted by molar-refractivity contribution is 8.23. The number of nitrogens with zero attached hydrogens (tertiary/aromatic N) is 4. The number of aromatic hydroxyl groups is 1. The quantitative estimate of drug-likeness (QED) is 0.242. The first kappa shape index (κ1) is 26.8. The van der Waals surface area contributed by atoms with Gasteiger partial charge in [-0.2, -0.15) is 8.42 Å². The van der Waals surface area contributed by atoms with Crippen LogP contribution in [0.4, 0.5) is 11.4 Å². The summed E-state index contributed by atoms with van der Waals surface area (Å²) in [5.74, 6) is -0.395. The first-order valence-corrected chi connectivity index (χ1v) is 14.3. The fourth-order valence-electron chi connectivity index (χ4n) is 4.00. The molecule has 0 radical (unpaired) electrons. The van der Waals surface area contributed by atoms with E-state index in [-0.39, 0.29) is 51.2 Å². The maximum Gasteiger partial charge on any atom is 0.299 e. The van der Waals surface area contributed by atoms with Gasteiger partial charge in [-0.25, -0.2) is 10.1 Å². The average Bonchev–Trinajstić information content (AvgIpc) is 2.81. The monoisotopic (exact) mass is 552 g/mol. The SMILES string of the molecule is CC(C)CCn1c(=O)c(C2=NS(O)(O)c3cc(N(CCO)S(N)(=O)=O)ccc3N2)c(O)c2cccnc21. The van der Waals surface area contributed by atoms with E-state index in [4.69, 9.17) is 5.14 Å². The molecule has 0 aliphatic carbocycles. The lowest BCUT2D eigenvalue weighted by atomic mass is 10.1. The predicted octanol–water partition coefficient (Wildman–Crippen LogP) is 2.05. The Kier molecular flexibility index (Phi) is 7.20. The fraction of sp³-hybridized carbons (Fsp3) is 0.318. The Labute approximate surface area is 214 Å². The molecule has 0 saturated carbocycles. The summed E-state index contributed by atoms with van der Waals surface area (Å²) in [6, 6.07) is 7.07. The molecule has 2 aromatic heterocycles. The minimum atomic E-state index is -4.27. The van der Waals surface area contributed by atoms with E-state index >= 15 is 0 Å². The first-order valence-electron chi connectivity index (χ1n) is 11.3. The second-order valence-corrected chi connectivity index (χ2v) is 12.0. The molecule has 200 valence electrons. The molecule has 3 aromatic rings. The van der Waals surface area contributed by atoms with E-state index in [9.17, 15) is 32.5 Å². The average molecular weight is 553 g/mol. The van der Waals surface area contributed by atoms with E-state index in [0.29, 0.717) is 17.3 Å². The molecule has 13 nitrogen and oxygen atoms in total. The highest BCUT2D eigenvalue weighted by Gasteiger charge is 2.32. The lowest BCUT2D eigenvalue weighted by Crippen LogP contribution is -2.39. The zero-order valence-corrected chi connectivity index (χ0v) is 21.7. The van der Waals surface area contributed by atoms with Gasteiger partial charge in [0, 0.05) is 12.7 Å². The van der Waals surface area contributed by atoms with Crippen LogP contribution in [0.2, 0.25) is 0 Å². The molecule has 1 aliphatic heterocycles. The summed E-state index contributed by atoms with van der Waals surface area (Å²) in [6.07, 6.45) is 2.17. The van der Waals surface area contributed by atoms with Crippen molar-refractivity contribution in [2.75, 3.05) is 22.8 Å². The van der Waals surface area contributed by atoms with Crippen molar-refractivity contribution in [2.45, 2.75) is 31.7 Å². The standard InChI is InChI=1S/C22H28N6O7S2/c1-13(2)7-9-27-21-15(4-3-8-24-21)19(30)18(22(27)31)20-25-16-6-5-14(12-17(16)36(32,33)26-20)28(10-11-29)37(23,34)35/h3-6,8,12-13,29-30,32-33H,7,9-11H2,1-2H3,(H,25,26)(H2,23,34,35). The highest BCUT2D eigenvalue weighted by Crippen LogP contribution is 2.56. The van der Waals surface area contributed by atoms with Crippen molar-refractivity contribution < 1.29 is 27.7 Å². The van der Waals surface area contributed by atoms with E-state index in [1.807, 2.05) is 13.8 Å². The van der Waals surface area contributed by atoms with Crippen molar-refractivity contribution in [3.8, 4) is 5.75 Å². The maximum atomic E-state index is 13.5. The molecule has 7 N–H and O–H groups in total. The van der Waals surface area contributed by atoms with Gasteiger partial charge >= 0.3 is 0 Å². The third-order valence-electron chi connectivity index (χ3n) is 5.79. The van der Waals surface area contributed by atoms with E-state index in [0.717, 1.165) is 0 Å². The zero-order valence-electron chi connectivity index (χ0n) is 20.1. The summed E-state index contributed by atoms with van der Waals surface area (Å²) >= 11 is 0. The van der Waals surface area contributed by atoms with Crippen molar-refractivity contribution in [1.82, 2.24) is 9.55 Å². The number of aromatic nitrogens is 2. The van der Waals surface area contributed by atoms with Gasteiger partial charge in [-0.1, -0.05) is 24.6 Å². The van der Waals surface area contributed by atoms with Gasteiger partial charge in [0.05, 0.1) is 29.9 Å². The largest absolute Gasteiger partial charge is 0.506 e. The summed E-state index contributed by atoms with van der Waals surface area (Å²) < 4.78 is 51.8. The summed E-state index contributed by atoms with van der Waals surface area (Å²) in [6.45, 7) is 3.45. The van der Waals surface area contributed by atoms with E-state index in [2.05, 4.69) is 14.7 Å². The van der Waals surface area contributed by atoms with Crippen molar-refractivity contribution in [3.63, 3.8) is 0 Å². The Balaban J connectivity index is 1.86. The van der Waals surface area contributed by atoms with Crippen molar-refractivity contribution in [3.05, 3.63) is 52.4 Å². The number of aliphatic hydroxyl groups excluding tert-OH is 1. The fourth-order valence-corrected chi connectivity index (χ4v) is 5.92. The van der Waals surface area contributed by atoms with Gasteiger partial charge in [0.1, 0.15) is 21.9 Å². The zero-order chi connectivity index (χ0) is 27.1. The lowest BCUT2D eigenvalue weighted by Gasteiger charge is -2.35. The van der Waals surface area contributed by atoms with E-state index < -0.39 is 38.9 Å². The minimum Gasteiger partial charge on any atom is -0.506 e. The highest BCUT2D eigenvalue weighted by atomic mass is 32.3. The number of aryl methyl sites for hydroxylation is 1. The summed E-state index contributed by atoms with van der Waals surface area (Å²) in [5.41, 5.74) is -0.480. The Morgan fingerprint density at radius 2 is 1.97 bits per heavy atom. The van der Waals surface area contributed by atoms with E-state index in [1.165, 1.54) is 29.0 Å².